The Morgan fingerprint density at radius 1 is 0.800 bits per heavy atom. The van der Waals surface area contributed by atoms with Crippen LogP contribution in [0.2, 0.25) is 0 Å². The smallest absolute Gasteiger partial charge is 0.407 e. The first-order valence-electron chi connectivity index (χ1n) is 9.58. The zero-order valence-corrected chi connectivity index (χ0v) is 17.3. The number of amides is 3. The molecule has 0 fully saturated rings. The lowest BCUT2D eigenvalue weighted by Gasteiger charge is -2.20. The van der Waals surface area contributed by atoms with E-state index in [1.807, 2.05) is 74.5 Å². The molecule has 0 radical (unpaired) electrons. The topological polar surface area (TPSA) is 106 Å². The third-order valence-electron chi connectivity index (χ3n) is 4.45. The van der Waals surface area contributed by atoms with Gasteiger partial charge in [-0.05, 0) is 25.0 Å². The maximum absolute atomic E-state index is 12.3. The van der Waals surface area contributed by atoms with Crippen molar-refractivity contribution in [3.05, 3.63) is 71.8 Å². The van der Waals surface area contributed by atoms with E-state index in [0.29, 0.717) is 0 Å². The molecule has 0 saturated heterocycles. The van der Waals surface area contributed by atoms with Crippen LogP contribution in [0.5, 0.6) is 0 Å². The fourth-order valence-corrected chi connectivity index (χ4v) is 2.74. The number of nitrogens with one attached hydrogen (secondary N) is 3. The minimum Gasteiger partial charge on any atom is -0.467 e. The Labute approximate surface area is 175 Å². The van der Waals surface area contributed by atoms with E-state index < -0.39 is 24.1 Å². The number of esters is 1. The molecule has 1 unspecified atom stereocenters. The van der Waals surface area contributed by atoms with Gasteiger partial charge in [0.05, 0.1) is 19.2 Å². The molecule has 30 heavy (non-hydrogen) atoms. The monoisotopic (exact) mass is 413 g/mol. The molecule has 3 atom stereocenters. The third-order valence-corrected chi connectivity index (χ3v) is 4.45. The van der Waals surface area contributed by atoms with E-state index in [9.17, 15) is 14.4 Å². The van der Waals surface area contributed by atoms with Crippen LogP contribution in [0.15, 0.2) is 60.7 Å². The summed E-state index contributed by atoms with van der Waals surface area (Å²) in [6.45, 7) is 3.26. The van der Waals surface area contributed by atoms with Crippen LogP contribution in [-0.2, 0) is 14.3 Å². The van der Waals surface area contributed by atoms with Gasteiger partial charge in [-0.3, -0.25) is 0 Å². The summed E-state index contributed by atoms with van der Waals surface area (Å²) in [6, 6.07) is 16.5. The van der Waals surface area contributed by atoms with Gasteiger partial charge in [0.15, 0.2) is 6.04 Å². The van der Waals surface area contributed by atoms with Crippen molar-refractivity contribution in [3.8, 4) is 0 Å². The molecule has 0 aromatic heterocycles. The Kier molecular flexibility index (Phi) is 8.68. The van der Waals surface area contributed by atoms with Crippen LogP contribution in [-0.4, -0.2) is 37.9 Å². The van der Waals surface area contributed by atoms with Crippen molar-refractivity contribution in [1.82, 2.24) is 16.0 Å². The molecule has 3 N–H and O–H groups in total. The molecule has 2 aromatic rings. The highest BCUT2D eigenvalue weighted by atomic mass is 16.6. The maximum Gasteiger partial charge on any atom is 0.407 e. The van der Waals surface area contributed by atoms with E-state index in [1.165, 1.54) is 7.11 Å². The summed E-state index contributed by atoms with van der Waals surface area (Å²) in [5.74, 6) is -0.721. The van der Waals surface area contributed by atoms with E-state index in [1.54, 1.807) is 0 Å². The molecule has 2 rings (SSSR count). The number of ether oxygens (including phenoxy) is 2. The zero-order chi connectivity index (χ0) is 21.9. The van der Waals surface area contributed by atoms with E-state index in [4.69, 9.17) is 9.47 Å². The molecule has 0 aliphatic rings. The summed E-state index contributed by atoms with van der Waals surface area (Å²) in [5.41, 5.74) is 1.82. The number of rotatable bonds is 8. The number of carbonyl (C=O) groups is 3. The fraction of sp³-hybridized carbons (Fsp3) is 0.318. The Morgan fingerprint density at radius 3 is 1.80 bits per heavy atom. The zero-order valence-electron chi connectivity index (χ0n) is 17.3. The van der Waals surface area contributed by atoms with E-state index >= 15 is 0 Å². The Bertz CT molecular complexity index is 829. The number of methoxy groups -OCH3 is 1. The Balaban J connectivity index is 1.86. The molecule has 8 nitrogen and oxygen atoms in total. The van der Waals surface area contributed by atoms with Crippen molar-refractivity contribution in [2.45, 2.75) is 32.0 Å². The first-order valence-corrected chi connectivity index (χ1v) is 9.58. The minimum absolute atomic E-state index is 0.277. The number of carbonyl (C=O) groups excluding carboxylic acids is 3. The molecule has 0 saturated carbocycles. The highest BCUT2D eigenvalue weighted by Gasteiger charge is 2.24. The van der Waals surface area contributed by atoms with Crippen LogP contribution in [0, 0.1) is 0 Å². The predicted molar refractivity (Wildman–Crippen MR) is 112 cm³/mol. The van der Waals surface area contributed by atoms with Gasteiger partial charge in [0.1, 0.15) is 6.61 Å². The number of benzene rings is 2. The quantitative estimate of drug-likeness (QED) is 0.577. The average Bonchev–Trinajstić information content (AvgIpc) is 2.77. The number of urea groups is 1. The van der Waals surface area contributed by atoms with Crippen molar-refractivity contribution < 1.29 is 23.9 Å². The summed E-state index contributed by atoms with van der Waals surface area (Å²) < 4.78 is 9.81. The first-order chi connectivity index (χ1) is 14.4. The van der Waals surface area contributed by atoms with Gasteiger partial charge in [-0.25, -0.2) is 14.4 Å². The van der Waals surface area contributed by atoms with Gasteiger partial charge in [-0.15, -0.1) is 0 Å². The fourth-order valence-electron chi connectivity index (χ4n) is 2.74. The van der Waals surface area contributed by atoms with Crippen LogP contribution >= 0.6 is 0 Å². The molecule has 160 valence electrons. The van der Waals surface area contributed by atoms with Gasteiger partial charge in [0.25, 0.3) is 0 Å². The van der Waals surface area contributed by atoms with Gasteiger partial charge >= 0.3 is 18.1 Å². The Hall–Kier alpha value is -3.55. The van der Waals surface area contributed by atoms with E-state index in [-0.39, 0.29) is 18.7 Å². The molecule has 0 heterocycles. The summed E-state index contributed by atoms with van der Waals surface area (Å²) in [7, 11) is 1.19. The minimum atomic E-state index is -1.14. The van der Waals surface area contributed by atoms with Crippen molar-refractivity contribution >= 4 is 18.1 Å². The van der Waals surface area contributed by atoms with Crippen LogP contribution in [0.1, 0.15) is 37.1 Å². The van der Waals surface area contributed by atoms with Crippen LogP contribution in [0.3, 0.4) is 0 Å². The summed E-state index contributed by atoms with van der Waals surface area (Å²) in [4.78, 5) is 36.3. The van der Waals surface area contributed by atoms with E-state index in [0.717, 1.165) is 11.1 Å². The largest absolute Gasteiger partial charge is 0.467 e. The van der Waals surface area contributed by atoms with Gasteiger partial charge in [-0.2, -0.15) is 0 Å². The van der Waals surface area contributed by atoms with Crippen LogP contribution in [0.25, 0.3) is 0 Å². The molecule has 0 aliphatic heterocycles. The lowest BCUT2D eigenvalue weighted by molar-refractivity contribution is -0.143. The second-order valence-corrected chi connectivity index (χ2v) is 6.70. The second kappa shape index (κ2) is 11.5. The molecule has 0 spiro atoms. The van der Waals surface area contributed by atoms with Crippen molar-refractivity contribution in [3.63, 3.8) is 0 Å². The van der Waals surface area contributed by atoms with Gasteiger partial charge in [-0.1, -0.05) is 60.7 Å². The number of hydrogen-bond acceptors (Lipinski definition) is 5. The summed E-state index contributed by atoms with van der Waals surface area (Å²) >= 11 is 0. The van der Waals surface area contributed by atoms with Crippen LogP contribution in [0.4, 0.5) is 9.59 Å². The maximum atomic E-state index is 12.3. The van der Waals surface area contributed by atoms with Crippen molar-refractivity contribution in [2.24, 2.45) is 0 Å². The number of hydrogen-bond donors (Lipinski definition) is 3. The first kappa shape index (κ1) is 22.7. The van der Waals surface area contributed by atoms with Crippen LogP contribution < -0.4 is 16.0 Å². The molecule has 0 bridgehead atoms. The summed E-state index contributed by atoms with van der Waals surface area (Å²) in [6.07, 6.45) is -0.708. The van der Waals surface area contributed by atoms with Crippen molar-refractivity contribution in [1.29, 1.82) is 0 Å². The number of alkyl carbamates (subject to hydrolysis) is 1. The molecular weight excluding hydrogens is 386 g/mol. The molecule has 8 heteroatoms. The second-order valence-electron chi connectivity index (χ2n) is 6.70. The Morgan fingerprint density at radius 2 is 1.30 bits per heavy atom. The lowest BCUT2D eigenvalue weighted by Crippen LogP contribution is -2.50. The average molecular weight is 413 g/mol. The predicted octanol–water partition coefficient (Wildman–Crippen LogP) is 3.08. The normalized spacial score (nSPS) is 13.3. The standard InChI is InChI=1S/C22H27N3O5/c1-15(17-10-6-4-7-11-17)23-21(27)25-19(20(26)29-3)14-30-22(28)24-16(2)18-12-8-5-9-13-18/h4-13,15-16,19H,14H2,1-3H3,(H,24,28)(H2,23,25,27)/t15-,16-,19?/m1/s1. The third kappa shape index (κ3) is 7.12. The lowest BCUT2D eigenvalue weighted by atomic mass is 10.1. The highest BCUT2D eigenvalue weighted by molar-refractivity contribution is 5.84. The van der Waals surface area contributed by atoms with Gasteiger partial charge in [0, 0.05) is 0 Å². The molecular formula is C22H27N3O5. The van der Waals surface area contributed by atoms with E-state index in [2.05, 4.69) is 16.0 Å². The van der Waals surface area contributed by atoms with Gasteiger partial charge in [0.2, 0.25) is 0 Å². The molecule has 3 amide bonds. The molecule has 0 aliphatic carbocycles. The SMILES string of the molecule is COC(=O)C(COC(=O)N[C@H](C)c1ccccc1)NC(=O)N[C@H](C)c1ccccc1. The summed E-state index contributed by atoms with van der Waals surface area (Å²) in [5, 5.41) is 7.89. The molecule has 2 aromatic carbocycles. The van der Waals surface area contributed by atoms with Crippen molar-refractivity contribution in [2.75, 3.05) is 13.7 Å². The van der Waals surface area contributed by atoms with Gasteiger partial charge < -0.3 is 25.4 Å². The highest BCUT2D eigenvalue weighted by Crippen LogP contribution is 2.12.